The van der Waals surface area contributed by atoms with E-state index in [0.29, 0.717) is 91.4 Å². The third kappa shape index (κ3) is 10.7. The topological polar surface area (TPSA) is 198 Å². The van der Waals surface area contributed by atoms with E-state index < -0.39 is 23.7 Å². The number of aliphatic hydroxyl groups is 1. The van der Waals surface area contributed by atoms with Gasteiger partial charge in [-0.15, -0.1) is 11.3 Å². The summed E-state index contributed by atoms with van der Waals surface area (Å²) < 4.78 is 27.5. The van der Waals surface area contributed by atoms with Gasteiger partial charge in [0.2, 0.25) is 0 Å². The van der Waals surface area contributed by atoms with Gasteiger partial charge in [-0.25, -0.2) is 9.97 Å². The molecule has 0 aliphatic carbocycles. The van der Waals surface area contributed by atoms with Crippen molar-refractivity contribution in [3.8, 4) is 23.2 Å². The highest BCUT2D eigenvalue weighted by atomic mass is 127. The number of likely N-dealkylation sites (tertiary alicyclic amines) is 1. The molecule has 1 saturated heterocycles. The second-order valence-electron chi connectivity index (χ2n) is 11.9. The number of amides is 2. The van der Waals surface area contributed by atoms with Gasteiger partial charge in [0.05, 0.1) is 98.4 Å². The number of nitrogens with one attached hydrogen (secondary N) is 2. The molecule has 0 spiro atoms. The number of rotatable bonds is 20. The van der Waals surface area contributed by atoms with Crippen LogP contribution in [-0.2, 0) is 23.7 Å². The molecule has 1 aliphatic rings. The molecule has 4 heterocycles. The Labute approximate surface area is 329 Å². The number of alkyl halides is 1. The fraction of sp³-hybridized carbons (Fsp3) is 0.405. The first kappa shape index (κ1) is 40.9. The first-order valence-corrected chi connectivity index (χ1v) is 19.6. The van der Waals surface area contributed by atoms with Crippen LogP contribution in [-0.4, -0.2) is 126 Å². The summed E-state index contributed by atoms with van der Waals surface area (Å²) in [4.78, 5) is 53.5. The van der Waals surface area contributed by atoms with Gasteiger partial charge in [0.15, 0.2) is 5.01 Å². The van der Waals surface area contributed by atoms with Crippen molar-refractivity contribution in [3.05, 3.63) is 69.8 Å². The maximum atomic E-state index is 13.7. The minimum atomic E-state index is -0.942. The molecule has 5 rings (SSSR count). The number of aromatic nitrogens is 3. The maximum absolute atomic E-state index is 13.7. The van der Waals surface area contributed by atoms with Crippen molar-refractivity contribution >= 4 is 68.0 Å². The lowest BCUT2D eigenvalue weighted by molar-refractivity contribution is -0.126. The highest BCUT2D eigenvalue weighted by Crippen LogP contribution is 2.35. The molecule has 54 heavy (non-hydrogen) atoms. The fourth-order valence-corrected chi connectivity index (χ4v) is 6.78. The van der Waals surface area contributed by atoms with E-state index in [1.54, 1.807) is 5.38 Å². The smallest absolute Gasteiger partial charge is 0.295 e. The van der Waals surface area contributed by atoms with Crippen molar-refractivity contribution in [3.63, 3.8) is 0 Å². The van der Waals surface area contributed by atoms with Crippen molar-refractivity contribution in [1.29, 1.82) is 5.26 Å². The maximum Gasteiger partial charge on any atom is 0.295 e. The Bertz CT molecular complexity index is 1950. The summed E-state index contributed by atoms with van der Waals surface area (Å²) >= 11 is 3.21. The number of aromatic amines is 1. The lowest BCUT2D eigenvalue weighted by Gasteiger charge is -2.28. The van der Waals surface area contributed by atoms with Crippen molar-refractivity contribution in [2.24, 2.45) is 0 Å². The Morgan fingerprint density at radius 2 is 1.74 bits per heavy atom. The molecule has 0 bridgehead atoms. The minimum Gasteiger partial charge on any atom is -0.494 e. The van der Waals surface area contributed by atoms with E-state index in [9.17, 15) is 24.8 Å². The SMILES string of the molecule is COc1cnc(-c2csc(C(=O)NCC(O)COCCOCCOCCOCI)n2)c2[nH]cc(C(=O)C(=O)N3CCC(=C(C#N)c4ccccc4)CC3)c12. The Morgan fingerprint density at radius 3 is 2.41 bits per heavy atom. The molecule has 17 heteroatoms. The zero-order chi connectivity index (χ0) is 38.3. The molecule has 286 valence electrons. The summed E-state index contributed by atoms with van der Waals surface area (Å²) in [7, 11) is 1.44. The van der Waals surface area contributed by atoms with Gasteiger partial charge < -0.3 is 44.0 Å². The number of pyridine rings is 1. The molecule has 1 unspecified atom stereocenters. The predicted octanol–water partition coefficient (Wildman–Crippen LogP) is 4.03. The number of benzene rings is 1. The molecular weight excluding hydrogens is 831 g/mol. The predicted molar refractivity (Wildman–Crippen MR) is 209 cm³/mol. The number of ether oxygens (including phenoxy) is 5. The van der Waals surface area contributed by atoms with E-state index in [1.165, 1.54) is 24.4 Å². The van der Waals surface area contributed by atoms with Crippen molar-refractivity contribution in [2.75, 3.05) is 77.6 Å². The fourth-order valence-electron chi connectivity index (χ4n) is 5.75. The van der Waals surface area contributed by atoms with E-state index in [2.05, 4.69) is 48.9 Å². The molecule has 2 amide bonds. The molecule has 1 fully saturated rings. The van der Waals surface area contributed by atoms with Gasteiger partial charge in [-0.1, -0.05) is 52.9 Å². The number of piperidine rings is 1. The van der Waals surface area contributed by atoms with Crippen LogP contribution in [0, 0.1) is 11.3 Å². The summed E-state index contributed by atoms with van der Waals surface area (Å²) in [5, 5.41) is 24.9. The quantitative estimate of drug-likeness (QED) is 0.0289. The van der Waals surface area contributed by atoms with E-state index >= 15 is 0 Å². The van der Waals surface area contributed by atoms with Crippen LogP contribution in [0.2, 0.25) is 0 Å². The molecule has 0 radical (unpaired) electrons. The third-order valence-electron chi connectivity index (χ3n) is 8.46. The van der Waals surface area contributed by atoms with Crippen LogP contribution in [0.5, 0.6) is 5.75 Å². The lowest BCUT2D eigenvalue weighted by atomic mass is 9.93. The largest absolute Gasteiger partial charge is 0.494 e. The Kier molecular flexibility index (Phi) is 15.9. The number of hydrogen-bond donors (Lipinski definition) is 3. The number of methoxy groups -OCH3 is 1. The average Bonchev–Trinajstić information content (AvgIpc) is 3.88. The van der Waals surface area contributed by atoms with Gasteiger partial charge in [0, 0.05) is 31.2 Å². The van der Waals surface area contributed by atoms with Crippen LogP contribution in [0.25, 0.3) is 27.9 Å². The van der Waals surface area contributed by atoms with Gasteiger partial charge in [-0.05, 0) is 24.0 Å². The lowest BCUT2D eigenvalue weighted by Crippen LogP contribution is -2.40. The van der Waals surface area contributed by atoms with Crippen LogP contribution in [0.15, 0.2) is 53.7 Å². The number of Topliss-reactive ketones (excluding diaryl/α,β-unsaturated/α-hetero) is 1. The number of nitriles is 1. The number of carbonyl (C=O) groups is 3. The van der Waals surface area contributed by atoms with Gasteiger partial charge >= 0.3 is 0 Å². The second kappa shape index (κ2) is 21.0. The summed E-state index contributed by atoms with van der Waals surface area (Å²) in [5.74, 6) is -1.56. The third-order valence-corrected chi connectivity index (χ3v) is 9.74. The van der Waals surface area contributed by atoms with Gasteiger partial charge in [-0.2, -0.15) is 5.26 Å². The van der Waals surface area contributed by atoms with E-state index in [4.69, 9.17) is 23.7 Å². The Balaban J connectivity index is 1.15. The highest BCUT2D eigenvalue weighted by molar-refractivity contribution is 14.1. The molecule has 15 nitrogen and oxygen atoms in total. The normalized spacial score (nSPS) is 13.4. The number of fused-ring (bicyclic) bond motifs is 1. The van der Waals surface area contributed by atoms with E-state index in [1.807, 2.05) is 30.3 Å². The Hall–Kier alpha value is -4.29. The first-order valence-electron chi connectivity index (χ1n) is 17.2. The number of thiazole rings is 1. The van der Waals surface area contributed by atoms with Crippen LogP contribution in [0.4, 0.5) is 0 Å². The number of aliphatic hydroxyl groups excluding tert-OH is 1. The number of halogens is 1. The molecule has 1 aliphatic heterocycles. The van der Waals surface area contributed by atoms with E-state index in [0.717, 1.165) is 22.5 Å². The number of allylic oxidation sites excluding steroid dienone is 1. The molecule has 3 aromatic heterocycles. The number of ketones is 1. The summed E-state index contributed by atoms with van der Waals surface area (Å²) in [6.45, 7) is 3.10. The average molecular weight is 873 g/mol. The summed E-state index contributed by atoms with van der Waals surface area (Å²) in [6.07, 6.45) is 2.92. The number of nitrogens with zero attached hydrogens (tertiary/aromatic N) is 4. The van der Waals surface area contributed by atoms with Crippen molar-refractivity contribution < 1.29 is 43.2 Å². The second-order valence-corrected chi connectivity index (χ2v) is 13.4. The van der Waals surface area contributed by atoms with Crippen LogP contribution >= 0.6 is 33.9 Å². The van der Waals surface area contributed by atoms with E-state index in [-0.39, 0.29) is 36.1 Å². The molecule has 1 aromatic carbocycles. The highest BCUT2D eigenvalue weighted by Gasteiger charge is 2.30. The van der Waals surface area contributed by atoms with Gasteiger partial charge in [-0.3, -0.25) is 14.4 Å². The molecular formula is C37H41IN6O9S. The summed E-state index contributed by atoms with van der Waals surface area (Å²) in [6, 6.07) is 11.7. The van der Waals surface area contributed by atoms with Gasteiger partial charge in [0.25, 0.3) is 17.6 Å². The molecule has 4 aromatic rings. The standard InChI is InChI=1S/C37H41IN6O9S/c1-49-30-20-41-32(29-22-54-36(43-29)35(47)42-18-26(45)21-52-15-13-50-11-12-51-14-16-53-23-38)33-31(30)28(19-40-33)34(46)37(48)44-9-7-25(8-10-44)27(17-39)24-5-3-2-4-6-24/h2-6,19-20,22,26,40,45H,7-16,18,21,23H2,1H3,(H,42,47). The minimum absolute atomic E-state index is 0.00720. The van der Waals surface area contributed by atoms with Crippen molar-refractivity contribution in [1.82, 2.24) is 25.2 Å². The molecule has 3 N–H and O–H groups in total. The van der Waals surface area contributed by atoms with Crippen LogP contribution in [0.1, 0.15) is 38.6 Å². The zero-order valence-electron chi connectivity index (χ0n) is 29.7. The molecule has 1 atom stereocenters. The summed E-state index contributed by atoms with van der Waals surface area (Å²) in [5.41, 5.74) is 3.65. The number of carbonyl (C=O) groups excluding carboxylic acids is 3. The van der Waals surface area contributed by atoms with Crippen LogP contribution < -0.4 is 10.1 Å². The molecule has 0 saturated carbocycles. The number of hydrogen-bond acceptors (Lipinski definition) is 13. The monoisotopic (exact) mass is 872 g/mol. The number of H-pyrrole nitrogens is 1. The van der Waals surface area contributed by atoms with Crippen LogP contribution in [0.3, 0.4) is 0 Å². The first-order chi connectivity index (χ1) is 26.4. The van der Waals surface area contributed by atoms with Gasteiger partial charge in [0.1, 0.15) is 17.1 Å². The zero-order valence-corrected chi connectivity index (χ0v) is 32.7. The Morgan fingerprint density at radius 1 is 1.06 bits per heavy atom. The van der Waals surface area contributed by atoms with Crippen molar-refractivity contribution in [2.45, 2.75) is 18.9 Å².